The lowest BCUT2D eigenvalue weighted by Crippen LogP contribution is -2.17. The van der Waals surface area contributed by atoms with Gasteiger partial charge in [0.1, 0.15) is 11.8 Å². The van der Waals surface area contributed by atoms with Crippen molar-refractivity contribution in [2.75, 3.05) is 0 Å². The number of carbonyl (C=O) groups excluding carboxylic acids is 1. The third-order valence-corrected chi connectivity index (χ3v) is 0.594. The molecule has 10 heavy (non-hydrogen) atoms. The Hall–Kier alpha value is -1.60. The molecular weight excluding hydrogens is 132 g/mol. The average Bonchev–Trinajstić information content (AvgIpc) is 1.87. The van der Waals surface area contributed by atoms with E-state index in [4.69, 9.17) is 5.26 Å². The zero-order valence-corrected chi connectivity index (χ0v) is 5.35. The van der Waals surface area contributed by atoms with Crippen LogP contribution < -0.4 is 5.32 Å². The molecule has 3 N–H and O–H groups in total. The van der Waals surface area contributed by atoms with Crippen LogP contribution in [0.25, 0.3) is 0 Å². The molecule has 0 aliphatic rings. The summed E-state index contributed by atoms with van der Waals surface area (Å²) in [5.74, 6) is -0.415. The van der Waals surface area contributed by atoms with Crippen molar-refractivity contribution in [3.05, 3.63) is 24.9 Å². The van der Waals surface area contributed by atoms with E-state index in [1.54, 1.807) is 6.07 Å². The van der Waals surface area contributed by atoms with E-state index in [0.29, 0.717) is 0 Å². The molecule has 4 nitrogen and oxygen atoms in total. The van der Waals surface area contributed by atoms with Crippen molar-refractivity contribution in [2.24, 2.45) is 0 Å². The van der Waals surface area contributed by atoms with Crippen molar-refractivity contribution < 1.29 is 10.3 Å². The quantitative estimate of drug-likeness (QED) is 0.414. The van der Waals surface area contributed by atoms with Crippen LogP contribution in [-0.4, -0.2) is 11.4 Å². The average molecular weight is 140 g/mol. The van der Waals surface area contributed by atoms with E-state index < -0.39 is 5.91 Å². The summed E-state index contributed by atoms with van der Waals surface area (Å²) in [7, 11) is 0. The Labute approximate surface area is 58.8 Å². The van der Waals surface area contributed by atoms with E-state index in [9.17, 15) is 4.79 Å². The Kier molecular flexibility index (Phi) is 6.22. The van der Waals surface area contributed by atoms with E-state index in [0.717, 1.165) is 6.08 Å². The Morgan fingerprint density at radius 3 is 2.50 bits per heavy atom. The Morgan fingerprint density at radius 1 is 1.70 bits per heavy atom. The van der Waals surface area contributed by atoms with Gasteiger partial charge in [-0.1, -0.05) is 13.2 Å². The molecule has 0 aliphatic heterocycles. The Bertz CT molecular complexity index is 190. The normalized spacial score (nSPS) is 6.30. The van der Waals surface area contributed by atoms with E-state index in [1.165, 1.54) is 0 Å². The molecule has 0 aliphatic carbocycles. The molecule has 4 heteroatoms. The summed E-state index contributed by atoms with van der Waals surface area (Å²) in [5.41, 5.74) is 0.0277. The van der Waals surface area contributed by atoms with E-state index in [-0.39, 0.29) is 11.2 Å². The van der Waals surface area contributed by atoms with Crippen LogP contribution >= 0.6 is 0 Å². The molecule has 0 bridgehead atoms. The van der Waals surface area contributed by atoms with Gasteiger partial charge in [-0.25, -0.2) is 0 Å². The first-order chi connectivity index (χ1) is 4.20. The maximum Gasteiger partial charge on any atom is 0.248 e. The predicted octanol–water partition coefficient (Wildman–Crippen LogP) is -0.499. The molecule has 0 radical (unpaired) electrons. The Balaban J connectivity index is 0. The summed E-state index contributed by atoms with van der Waals surface area (Å²) in [6.45, 7) is 6.41. The number of carbonyl (C=O) groups is 1. The van der Waals surface area contributed by atoms with Crippen LogP contribution in [0.15, 0.2) is 24.9 Å². The lowest BCUT2D eigenvalue weighted by Gasteiger charge is -1.92. The van der Waals surface area contributed by atoms with E-state index >= 15 is 0 Å². The van der Waals surface area contributed by atoms with Crippen molar-refractivity contribution in [2.45, 2.75) is 0 Å². The zero-order valence-electron chi connectivity index (χ0n) is 5.35. The van der Waals surface area contributed by atoms with Gasteiger partial charge in [0, 0.05) is 0 Å². The number of nitrogens with one attached hydrogen (secondary N) is 1. The molecule has 0 fully saturated rings. The van der Waals surface area contributed by atoms with E-state index in [2.05, 4.69) is 18.5 Å². The minimum atomic E-state index is -0.415. The summed E-state index contributed by atoms with van der Waals surface area (Å²) in [4.78, 5) is 10.3. The standard InChI is InChI=1S/C6H6N2O.H2O/c1-3-6(9)8-5(2)4-7;/h3H,1-2H2,(H,8,9);1H2. The van der Waals surface area contributed by atoms with Crippen molar-refractivity contribution in [3.8, 4) is 6.07 Å². The highest BCUT2D eigenvalue weighted by Gasteiger charge is 1.92. The summed E-state index contributed by atoms with van der Waals surface area (Å²) in [6.07, 6.45) is 1.07. The van der Waals surface area contributed by atoms with Gasteiger partial charge >= 0.3 is 0 Å². The first-order valence-electron chi connectivity index (χ1n) is 2.23. The maximum atomic E-state index is 10.3. The molecule has 0 atom stereocenters. The largest absolute Gasteiger partial charge is 0.412 e. The van der Waals surface area contributed by atoms with Gasteiger partial charge in [0.25, 0.3) is 0 Å². The maximum absolute atomic E-state index is 10.3. The molecule has 0 unspecified atom stereocenters. The van der Waals surface area contributed by atoms with Gasteiger partial charge in [-0.3, -0.25) is 4.79 Å². The van der Waals surface area contributed by atoms with Crippen LogP contribution in [0, 0.1) is 11.3 Å². The molecule has 0 saturated heterocycles. The first kappa shape index (κ1) is 11.2. The molecule has 0 saturated carbocycles. The SMILES string of the molecule is C=CC(=O)NC(=C)C#N.O. The van der Waals surface area contributed by atoms with Gasteiger partial charge in [-0.05, 0) is 6.08 Å². The molecule has 0 aromatic rings. The number of hydrogen-bond acceptors (Lipinski definition) is 2. The second-order valence-electron chi connectivity index (χ2n) is 1.28. The molecule has 0 aromatic heterocycles. The molecule has 0 heterocycles. The van der Waals surface area contributed by atoms with Crippen molar-refractivity contribution in [1.29, 1.82) is 5.26 Å². The lowest BCUT2D eigenvalue weighted by atomic mass is 10.5. The highest BCUT2D eigenvalue weighted by Crippen LogP contribution is 1.77. The number of nitrogens with zero attached hydrogens (tertiary/aromatic N) is 1. The summed E-state index contributed by atoms with van der Waals surface area (Å²) in [6, 6.07) is 1.66. The molecule has 0 spiro atoms. The van der Waals surface area contributed by atoms with Crippen LogP contribution in [0.2, 0.25) is 0 Å². The van der Waals surface area contributed by atoms with Crippen LogP contribution in [0.4, 0.5) is 0 Å². The van der Waals surface area contributed by atoms with Gasteiger partial charge in [0.15, 0.2) is 0 Å². The number of hydrogen-bond donors (Lipinski definition) is 1. The van der Waals surface area contributed by atoms with Gasteiger partial charge < -0.3 is 10.8 Å². The number of nitriles is 1. The van der Waals surface area contributed by atoms with E-state index in [1.807, 2.05) is 0 Å². The van der Waals surface area contributed by atoms with Gasteiger partial charge in [-0.15, -0.1) is 0 Å². The molecule has 1 amide bonds. The molecular formula is C6H8N2O2. The second kappa shape index (κ2) is 5.54. The van der Waals surface area contributed by atoms with Gasteiger partial charge in [0.05, 0.1) is 0 Å². The fourth-order valence-electron chi connectivity index (χ4n) is 0.228. The van der Waals surface area contributed by atoms with Crippen molar-refractivity contribution >= 4 is 5.91 Å². The van der Waals surface area contributed by atoms with Crippen LogP contribution in [0.1, 0.15) is 0 Å². The smallest absolute Gasteiger partial charge is 0.248 e. The monoisotopic (exact) mass is 140 g/mol. The third-order valence-electron chi connectivity index (χ3n) is 0.594. The van der Waals surface area contributed by atoms with Crippen molar-refractivity contribution in [3.63, 3.8) is 0 Å². The second-order valence-corrected chi connectivity index (χ2v) is 1.28. The van der Waals surface area contributed by atoms with Gasteiger partial charge in [0.2, 0.25) is 5.91 Å². The molecule has 54 valence electrons. The number of allylic oxidation sites excluding steroid dienone is 1. The fraction of sp³-hybridized carbons (Fsp3) is 0. The Morgan fingerprint density at radius 2 is 2.20 bits per heavy atom. The minimum absolute atomic E-state index is 0. The van der Waals surface area contributed by atoms with Crippen LogP contribution in [0.5, 0.6) is 0 Å². The van der Waals surface area contributed by atoms with Crippen molar-refractivity contribution in [1.82, 2.24) is 5.32 Å². The highest BCUT2D eigenvalue weighted by atomic mass is 16.1. The number of rotatable bonds is 2. The van der Waals surface area contributed by atoms with Crippen LogP contribution in [0.3, 0.4) is 0 Å². The fourth-order valence-corrected chi connectivity index (χ4v) is 0.228. The predicted molar refractivity (Wildman–Crippen MR) is 36.7 cm³/mol. The lowest BCUT2D eigenvalue weighted by molar-refractivity contribution is -0.115. The first-order valence-corrected chi connectivity index (χ1v) is 2.23. The molecule has 0 rings (SSSR count). The third kappa shape index (κ3) is 4.56. The molecule has 0 aromatic carbocycles. The summed E-state index contributed by atoms with van der Waals surface area (Å²) < 4.78 is 0. The van der Waals surface area contributed by atoms with Gasteiger partial charge in [-0.2, -0.15) is 5.26 Å². The summed E-state index contributed by atoms with van der Waals surface area (Å²) in [5, 5.41) is 10.2. The zero-order chi connectivity index (χ0) is 7.28. The number of amides is 1. The highest BCUT2D eigenvalue weighted by molar-refractivity contribution is 5.88. The topological polar surface area (TPSA) is 84.4 Å². The van der Waals surface area contributed by atoms with Crippen LogP contribution in [-0.2, 0) is 4.79 Å². The summed E-state index contributed by atoms with van der Waals surface area (Å²) >= 11 is 0. The minimum Gasteiger partial charge on any atom is -0.412 e.